The molecule has 0 saturated carbocycles. The summed E-state index contributed by atoms with van der Waals surface area (Å²) in [4.78, 5) is 16.5. The minimum absolute atomic E-state index is 0.156. The summed E-state index contributed by atoms with van der Waals surface area (Å²) in [6.07, 6.45) is 5.41. The Morgan fingerprint density at radius 3 is 2.88 bits per heavy atom. The lowest BCUT2D eigenvalue weighted by Gasteiger charge is -2.06. The molecule has 0 fully saturated rings. The van der Waals surface area contributed by atoms with E-state index in [0.717, 1.165) is 41.7 Å². The number of hydrogen-bond acceptors (Lipinski definition) is 2. The minimum Gasteiger partial charge on any atom is -0.352 e. The largest absolute Gasteiger partial charge is 0.352 e. The van der Waals surface area contributed by atoms with Crippen LogP contribution in [0.25, 0.3) is 11.0 Å². The van der Waals surface area contributed by atoms with Crippen molar-refractivity contribution in [2.75, 3.05) is 6.54 Å². The van der Waals surface area contributed by atoms with Crippen LogP contribution in [0, 0.1) is 11.6 Å². The molecule has 0 aliphatic rings. The highest BCUT2D eigenvalue weighted by Gasteiger charge is 2.13. The first kappa shape index (κ1) is 17.1. The molecule has 25 heavy (non-hydrogen) atoms. The molecule has 2 heterocycles. The molecular formula is C19H19F2N3O. The van der Waals surface area contributed by atoms with Crippen molar-refractivity contribution in [1.82, 2.24) is 14.9 Å². The van der Waals surface area contributed by atoms with E-state index in [0.29, 0.717) is 19.0 Å². The number of amides is 1. The molecule has 0 aliphatic carbocycles. The van der Waals surface area contributed by atoms with Gasteiger partial charge in [0.1, 0.15) is 17.3 Å². The molecule has 4 nitrogen and oxygen atoms in total. The van der Waals surface area contributed by atoms with E-state index in [4.69, 9.17) is 0 Å². The number of halogens is 2. The van der Waals surface area contributed by atoms with Crippen LogP contribution in [0.4, 0.5) is 8.78 Å². The van der Waals surface area contributed by atoms with Gasteiger partial charge in [0.2, 0.25) is 0 Å². The zero-order valence-electron chi connectivity index (χ0n) is 13.9. The average molecular weight is 343 g/mol. The van der Waals surface area contributed by atoms with Crippen LogP contribution in [0.1, 0.15) is 29.3 Å². The Labute approximate surface area is 144 Å². The van der Waals surface area contributed by atoms with E-state index in [1.165, 1.54) is 0 Å². The topological polar surface area (TPSA) is 46.9 Å². The van der Waals surface area contributed by atoms with Crippen LogP contribution in [-0.4, -0.2) is 22.0 Å². The Balaban J connectivity index is 1.70. The van der Waals surface area contributed by atoms with E-state index in [2.05, 4.69) is 21.8 Å². The number of nitrogens with one attached hydrogen (secondary N) is 1. The third-order valence-electron chi connectivity index (χ3n) is 4.04. The van der Waals surface area contributed by atoms with E-state index in [1.54, 1.807) is 6.20 Å². The van der Waals surface area contributed by atoms with Gasteiger partial charge in [0.05, 0.1) is 5.56 Å². The lowest BCUT2D eigenvalue weighted by Crippen LogP contribution is -2.26. The molecule has 1 N–H and O–H groups in total. The van der Waals surface area contributed by atoms with Crippen LogP contribution >= 0.6 is 0 Å². The van der Waals surface area contributed by atoms with Gasteiger partial charge in [0.15, 0.2) is 0 Å². The number of benzene rings is 1. The van der Waals surface area contributed by atoms with Gasteiger partial charge < -0.3 is 9.88 Å². The van der Waals surface area contributed by atoms with Crippen LogP contribution in [0.15, 0.2) is 42.7 Å². The smallest absolute Gasteiger partial charge is 0.254 e. The molecule has 2 aromatic heterocycles. The van der Waals surface area contributed by atoms with Gasteiger partial charge in [0.25, 0.3) is 5.91 Å². The quantitative estimate of drug-likeness (QED) is 0.742. The number of carbonyl (C=O) groups excluding carboxylic acids is 1. The lowest BCUT2D eigenvalue weighted by molar-refractivity contribution is 0.0950. The molecule has 0 saturated heterocycles. The van der Waals surface area contributed by atoms with Crippen molar-refractivity contribution in [3.63, 3.8) is 0 Å². The minimum atomic E-state index is -0.860. The zero-order valence-corrected chi connectivity index (χ0v) is 13.9. The highest BCUT2D eigenvalue weighted by molar-refractivity contribution is 5.94. The second kappa shape index (κ2) is 7.42. The van der Waals surface area contributed by atoms with Crippen LogP contribution in [0.2, 0.25) is 0 Å². The highest BCUT2D eigenvalue weighted by Crippen LogP contribution is 2.20. The van der Waals surface area contributed by atoms with Gasteiger partial charge in [-0.05, 0) is 42.7 Å². The van der Waals surface area contributed by atoms with E-state index < -0.39 is 17.5 Å². The summed E-state index contributed by atoms with van der Waals surface area (Å²) in [5.41, 5.74) is 1.85. The number of pyridine rings is 1. The Kier molecular flexibility index (Phi) is 5.07. The van der Waals surface area contributed by atoms with Gasteiger partial charge >= 0.3 is 0 Å². The Bertz CT molecular complexity index is 905. The van der Waals surface area contributed by atoms with Crippen LogP contribution in [0.5, 0.6) is 0 Å². The van der Waals surface area contributed by atoms with Crippen molar-refractivity contribution in [2.24, 2.45) is 0 Å². The SMILES string of the molecule is CCCn1cc(CCNC(=O)c2ccc(F)cc2F)c2cccnc21. The number of aromatic nitrogens is 2. The number of rotatable bonds is 6. The lowest BCUT2D eigenvalue weighted by atomic mass is 10.1. The fraction of sp³-hybridized carbons (Fsp3) is 0.263. The molecule has 0 unspecified atom stereocenters. The molecule has 0 aliphatic heterocycles. The van der Waals surface area contributed by atoms with Crippen molar-refractivity contribution in [2.45, 2.75) is 26.3 Å². The third kappa shape index (κ3) is 3.68. The summed E-state index contributed by atoms with van der Waals surface area (Å²) >= 11 is 0. The summed E-state index contributed by atoms with van der Waals surface area (Å²) in [7, 11) is 0. The number of aryl methyl sites for hydroxylation is 1. The maximum Gasteiger partial charge on any atom is 0.254 e. The molecule has 0 radical (unpaired) electrons. The summed E-state index contributed by atoms with van der Waals surface area (Å²) in [5, 5.41) is 3.74. The summed E-state index contributed by atoms with van der Waals surface area (Å²) in [6.45, 7) is 3.34. The van der Waals surface area contributed by atoms with Gasteiger partial charge in [-0.25, -0.2) is 13.8 Å². The molecule has 0 atom stereocenters. The van der Waals surface area contributed by atoms with Gasteiger partial charge in [-0.1, -0.05) is 6.92 Å². The summed E-state index contributed by atoms with van der Waals surface area (Å²) < 4.78 is 28.7. The number of carbonyl (C=O) groups is 1. The Morgan fingerprint density at radius 1 is 1.28 bits per heavy atom. The molecule has 1 aromatic carbocycles. The van der Waals surface area contributed by atoms with E-state index >= 15 is 0 Å². The van der Waals surface area contributed by atoms with Gasteiger partial charge in [-0.2, -0.15) is 0 Å². The van der Waals surface area contributed by atoms with Crippen LogP contribution in [0.3, 0.4) is 0 Å². The first-order chi connectivity index (χ1) is 12.1. The van der Waals surface area contributed by atoms with E-state index in [-0.39, 0.29) is 5.56 Å². The molecule has 0 bridgehead atoms. The fourth-order valence-electron chi connectivity index (χ4n) is 2.89. The Morgan fingerprint density at radius 2 is 2.12 bits per heavy atom. The normalized spacial score (nSPS) is 11.0. The molecule has 1 amide bonds. The van der Waals surface area contributed by atoms with Crippen molar-refractivity contribution in [3.05, 3.63) is 65.5 Å². The second-order valence-electron chi connectivity index (χ2n) is 5.85. The standard InChI is InChI=1S/C19H19F2N3O/c1-2-10-24-12-13(15-4-3-8-22-18(15)24)7-9-23-19(25)16-6-5-14(20)11-17(16)21/h3-6,8,11-12H,2,7,9-10H2,1H3,(H,23,25). The van der Waals surface area contributed by atoms with E-state index in [1.807, 2.05) is 18.3 Å². The average Bonchev–Trinajstić information content (AvgIpc) is 2.93. The van der Waals surface area contributed by atoms with Crippen molar-refractivity contribution in [1.29, 1.82) is 0 Å². The van der Waals surface area contributed by atoms with Crippen LogP contribution < -0.4 is 5.32 Å². The molecule has 0 spiro atoms. The van der Waals surface area contributed by atoms with Gasteiger partial charge in [0, 0.05) is 36.9 Å². The van der Waals surface area contributed by atoms with Crippen molar-refractivity contribution >= 4 is 16.9 Å². The highest BCUT2D eigenvalue weighted by atomic mass is 19.1. The predicted octanol–water partition coefficient (Wildman–Crippen LogP) is 3.70. The molecular weight excluding hydrogens is 324 g/mol. The first-order valence-corrected chi connectivity index (χ1v) is 8.26. The van der Waals surface area contributed by atoms with Crippen molar-refractivity contribution < 1.29 is 13.6 Å². The number of hydrogen-bond donors (Lipinski definition) is 1. The predicted molar refractivity (Wildman–Crippen MR) is 92.4 cm³/mol. The molecule has 3 rings (SSSR count). The Hall–Kier alpha value is -2.76. The number of fused-ring (bicyclic) bond motifs is 1. The summed E-state index contributed by atoms with van der Waals surface area (Å²) in [5.74, 6) is -2.11. The summed E-state index contributed by atoms with van der Waals surface area (Å²) in [6, 6.07) is 6.82. The second-order valence-corrected chi connectivity index (χ2v) is 5.85. The zero-order chi connectivity index (χ0) is 17.8. The fourth-order valence-corrected chi connectivity index (χ4v) is 2.89. The van der Waals surface area contributed by atoms with Crippen molar-refractivity contribution in [3.8, 4) is 0 Å². The van der Waals surface area contributed by atoms with E-state index in [9.17, 15) is 13.6 Å². The maximum absolute atomic E-state index is 13.6. The van der Waals surface area contributed by atoms with Crippen LogP contribution in [-0.2, 0) is 13.0 Å². The number of nitrogens with zero attached hydrogens (tertiary/aromatic N) is 2. The molecule has 3 aromatic rings. The first-order valence-electron chi connectivity index (χ1n) is 8.26. The maximum atomic E-state index is 13.6. The third-order valence-corrected chi connectivity index (χ3v) is 4.04. The van der Waals surface area contributed by atoms with Gasteiger partial charge in [-0.3, -0.25) is 4.79 Å². The monoisotopic (exact) mass is 343 g/mol. The van der Waals surface area contributed by atoms with Gasteiger partial charge in [-0.15, -0.1) is 0 Å². The molecule has 130 valence electrons. The molecule has 6 heteroatoms.